The van der Waals surface area contributed by atoms with Gasteiger partial charge in [-0.15, -0.1) is 11.3 Å². The van der Waals surface area contributed by atoms with E-state index < -0.39 is 0 Å². The summed E-state index contributed by atoms with van der Waals surface area (Å²) in [5.41, 5.74) is 0. The number of likely N-dealkylation sites (tertiary alicyclic amines) is 1. The van der Waals surface area contributed by atoms with E-state index in [0.717, 1.165) is 13.2 Å². The highest BCUT2D eigenvalue weighted by molar-refractivity contribution is 7.11. The van der Waals surface area contributed by atoms with Gasteiger partial charge in [-0.1, -0.05) is 6.42 Å². The van der Waals surface area contributed by atoms with Gasteiger partial charge in [0.2, 0.25) is 0 Å². The number of ether oxygens (including phenoxy) is 1. The van der Waals surface area contributed by atoms with Crippen LogP contribution in [0.4, 0.5) is 0 Å². The van der Waals surface area contributed by atoms with Crippen LogP contribution in [0.25, 0.3) is 0 Å². The van der Waals surface area contributed by atoms with Crippen LogP contribution in [0.5, 0.6) is 0 Å². The average Bonchev–Trinajstić information content (AvgIpc) is 2.67. The summed E-state index contributed by atoms with van der Waals surface area (Å²) in [6.45, 7) is 5.39. The second-order valence-electron chi connectivity index (χ2n) is 4.59. The Morgan fingerprint density at radius 3 is 3.00 bits per heavy atom. The van der Waals surface area contributed by atoms with E-state index >= 15 is 0 Å². The number of methoxy groups -OCH3 is 1. The van der Waals surface area contributed by atoms with Crippen LogP contribution in [0.15, 0.2) is 12.1 Å². The Kier molecular flexibility index (Phi) is 4.38. The molecule has 2 rings (SSSR count). The standard InChI is InChI=1S/C13H21NOS/c1-11-6-7-13(16-11)9-14-8-4-3-5-12(14)10-15-2/h6-7,12H,3-5,8-10H2,1-2H3/t12-/m1/s1. The third kappa shape index (κ3) is 3.06. The molecule has 0 unspecified atom stereocenters. The molecule has 1 saturated heterocycles. The first-order valence-electron chi connectivity index (χ1n) is 6.08. The summed E-state index contributed by atoms with van der Waals surface area (Å²) < 4.78 is 5.32. The quantitative estimate of drug-likeness (QED) is 0.800. The molecule has 16 heavy (non-hydrogen) atoms. The van der Waals surface area contributed by atoms with Crippen LogP contribution in [0.2, 0.25) is 0 Å². The molecule has 1 aliphatic rings. The second kappa shape index (κ2) is 5.80. The van der Waals surface area contributed by atoms with Gasteiger partial charge in [-0.3, -0.25) is 4.90 Å². The first-order chi connectivity index (χ1) is 7.79. The average molecular weight is 239 g/mol. The van der Waals surface area contributed by atoms with Crippen molar-refractivity contribution in [2.24, 2.45) is 0 Å². The van der Waals surface area contributed by atoms with Crippen molar-refractivity contribution in [3.63, 3.8) is 0 Å². The molecule has 0 spiro atoms. The Balaban J connectivity index is 1.95. The third-order valence-corrected chi connectivity index (χ3v) is 4.25. The zero-order valence-electron chi connectivity index (χ0n) is 10.2. The maximum absolute atomic E-state index is 5.32. The molecule has 1 atom stereocenters. The molecule has 0 radical (unpaired) electrons. The van der Waals surface area contributed by atoms with E-state index in [1.807, 2.05) is 18.4 Å². The fraction of sp³-hybridized carbons (Fsp3) is 0.692. The van der Waals surface area contributed by atoms with E-state index in [1.54, 1.807) is 0 Å². The number of nitrogens with zero attached hydrogens (tertiary/aromatic N) is 1. The lowest BCUT2D eigenvalue weighted by Crippen LogP contribution is -2.41. The number of thiophene rings is 1. The van der Waals surface area contributed by atoms with Gasteiger partial charge in [-0.05, 0) is 38.4 Å². The predicted molar refractivity (Wildman–Crippen MR) is 69.0 cm³/mol. The van der Waals surface area contributed by atoms with E-state index in [4.69, 9.17) is 4.74 Å². The van der Waals surface area contributed by atoms with Gasteiger partial charge in [0.1, 0.15) is 0 Å². The predicted octanol–water partition coefficient (Wildman–Crippen LogP) is 3.06. The maximum Gasteiger partial charge on any atom is 0.0618 e. The Morgan fingerprint density at radius 2 is 2.31 bits per heavy atom. The zero-order valence-corrected chi connectivity index (χ0v) is 11.1. The van der Waals surface area contributed by atoms with Crippen molar-refractivity contribution in [2.45, 2.75) is 38.8 Å². The monoisotopic (exact) mass is 239 g/mol. The Hall–Kier alpha value is -0.380. The van der Waals surface area contributed by atoms with Gasteiger partial charge in [0.15, 0.2) is 0 Å². The lowest BCUT2D eigenvalue weighted by atomic mass is 10.0. The topological polar surface area (TPSA) is 12.5 Å². The fourth-order valence-corrected chi connectivity index (χ4v) is 3.34. The van der Waals surface area contributed by atoms with Crippen molar-refractivity contribution < 1.29 is 4.74 Å². The molecule has 0 amide bonds. The second-order valence-corrected chi connectivity index (χ2v) is 5.96. The fourth-order valence-electron chi connectivity index (χ4n) is 2.42. The zero-order chi connectivity index (χ0) is 11.4. The Bertz CT molecular complexity index is 321. The van der Waals surface area contributed by atoms with Gasteiger partial charge in [-0.25, -0.2) is 0 Å². The van der Waals surface area contributed by atoms with Crippen LogP contribution >= 0.6 is 11.3 Å². The van der Waals surface area contributed by atoms with Crippen molar-refractivity contribution >= 4 is 11.3 Å². The largest absolute Gasteiger partial charge is 0.383 e. The van der Waals surface area contributed by atoms with Crippen LogP contribution in [0.3, 0.4) is 0 Å². The maximum atomic E-state index is 5.32. The minimum Gasteiger partial charge on any atom is -0.383 e. The molecule has 0 bridgehead atoms. The number of hydrogen-bond donors (Lipinski definition) is 0. The van der Waals surface area contributed by atoms with Gasteiger partial charge in [-0.2, -0.15) is 0 Å². The summed E-state index contributed by atoms with van der Waals surface area (Å²) in [5, 5.41) is 0. The van der Waals surface area contributed by atoms with E-state index in [9.17, 15) is 0 Å². The highest BCUT2D eigenvalue weighted by Gasteiger charge is 2.22. The van der Waals surface area contributed by atoms with Gasteiger partial charge in [0.25, 0.3) is 0 Å². The van der Waals surface area contributed by atoms with Crippen molar-refractivity contribution in [2.75, 3.05) is 20.3 Å². The molecule has 1 aromatic heterocycles. The van der Waals surface area contributed by atoms with E-state index in [1.165, 1.54) is 35.6 Å². The van der Waals surface area contributed by atoms with Gasteiger partial charge >= 0.3 is 0 Å². The van der Waals surface area contributed by atoms with E-state index in [-0.39, 0.29) is 0 Å². The summed E-state index contributed by atoms with van der Waals surface area (Å²) >= 11 is 1.92. The highest BCUT2D eigenvalue weighted by Crippen LogP contribution is 2.23. The van der Waals surface area contributed by atoms with Gasteiger partial charge < -0.3 is 4.74 Å². The summed E-state index contributed by atoms with van der Waals surface area (Å²) in [6.07, 6.45) is 3.98. The van der Waals surface area contributed by atoms with Crippen molar-refractivity contribution in [1.82, 2.24) is 4.90 Å². The molecule has 1 aliphatic heterocycles. The number of hydrogen-bond acceptors (Lipinski definition) is 3. The summed E-state index contributed by atoms with van der Waals surface area (Å²) in [4.78, 5) is 5.48. The molecule has 1 aromatic rings. The van der Waals surface area contributed by atoms with Gasteiger partial charge in [0, 0.05) is 29.5 Å². The normalized spacial score (nSPS) is 22.5. The van der Waals surface area contributed by atoms with Gasteiger partial charge in [0.05, 0.1) is 6.61 Å². The molecule has 0 saturated carbocycles. The SMILES string of the molecule is COC[C@H]1CCCCN1Cc1ccc(C)s1. The Morgan fingerprint density at radius 1 is 1.44 bits per heavy atom. The minimum atomic E-state index is 0.626. The molecule has 0 N–H and O–H groups in total. The molecule has 0 aliphatic carbocycles. The number of aryl methyl sites for hydroxylation is 1. The minimum absolute atomic E-state index is 0.626. The molecule has 2 heterocycles. The van der Waals surface area contributed by atoms with Crippen LogP contribution in [0, 0.1) is 6.92 Å². The molecular formula is C13H21NOS. The van der Waals surface area contributed by atoms with Crippen LogP contribution in [-0.2, 0) is 11.3 Å². The number of piperidine rings is 1. The number of rotatable bonds is 4. The summed E-state index contributed by atoms with van der Waals surface area (Å²) in [6, 6.07) is 5.11. The van der Waals surface area contributed by atoms with Crippen molar-refractivity contribution in [3.8, 4) is 0 Å². The molecule has 1 fully saturated rings. The molecule has 3 heteroatoms. The van der Waals surface area contributed by atoms with Crippen LogP contribution in [0.1, 0.15) is 29.0 Å². The van der Waals surface area contributed by atoms with E-state index in [2.05, 4.69) is 24.0 Å². The van der Waals surface area contributed by atoms with E-state index in [0.29, 0.717) is 6.04 Å². The van der Waals surface area contributed by atoms with Crippen LogP contribution in [-0.4, -0.2) is 31.2 Å². The van der Waals surface area contributed by atoms with Crippen LogP contribution < -0.4 is 0 Å². The van der Waals surface area contributed by atoms with Crippen molar-refractivity contribution in [3.05, 3.63) is 21.9 Å². The first kappa shape index (κ1) is 12.1. The summed E-state index contributed by atoms with van der Waals surface area (Å²) in [5.74, 6) is 0. The summed E-state index contributed by atoms with van der Waals surface area (Å²) in [7, 11) is 1.81. The highest BCUT2D eigenvalue weighted by atomic mass is 32.1. The first-order valence-corrected chi connectivity index (χ1v) is 6.89. The van der Waals surface area contributed by atoms with Crippen molar-refractivity contribution in [1.29, 1.82) is 0 Å². The lowest BCUT2D eigenvalue weighted by Gasteiger charge is -2.34. The smallest absolute Gasteiger partial charge is 0.0618 e. The molecule has 90 valence electrons. The molecule has 0 aromatic carbocycles. The third-order valence-electron chi connectivity index (χ3n) is 3.26. The Labute approximate surface area is 102 Å². The molecule has 2 nitrogen and oxygen atoms in total. The lowest BCUT2D eigenvalue weighted by molar-refractivity contribution is 0.0607. The molecular weight excluding hydrogens is 218 g/mol.